The molecule has 1 heterocycles. The Labute approximate surface area is 157 Å². The lowest BCUT2D eigenvalue weighted by Crippen LogP contribution is -2.57. The standard InChI is InChI=1S/C16H22F2N2O5S2/c1-11(2)10-26(22,23)12-8-20(9-12)15(21)6-7-19-27(24,25)16-13(17)4-3-5-14(16)18/h3-5,11-12,19H,6-10H2,1-2H3. The quantitative estimate of drug-likeness (QED) is 0.669. The first-order valence-corrected chi connectivity index (χ1v) is 11.6. The van der Waals surface area contributed by atoms with Crippen LogP contribution in [0.4, 0.5) is 8.78 Å². The van der Waals surface area contributed by atoms with Crippen LogP contribution in [0.3, 0.4) is 0 Å². The number of benzene rings is 1. The number of sulfonamides is 1. The minimum Gasteiger partial charge on any atom is -0.340 e. The van der Waals surface area contributed by atoms with E-state index in [1.807, 2.05) is 4.72 Å². The van der Waals surface area contributed by atoms with Gasteiger partial charge in [0, 0.05) is 26.1 Å². The van der Waals surface area contributed by atoms with Crippen molar-refractivity contribution in [2.24, 2.45) is 5.92 Å². The number of amides is 1. The molecule has 1 saturated heterocycles. The van der Waals surface area contributed by atoms with Crippen LogP contribution in [0.15, 0.2) is 23.1 Å². The average molecular weight is 424 g/mol. The Hall–Kier alpha value is -1.59. The van der Waals surface area contributed by atoms with E-state index in [1.165, 1.54) is 4.90 Å². The van der Waals surface area contributed by atoms with Crippen molar-refractivity contribution in [1.29, 1.82) is 0 Å². The fourth-order valence-corrected chi connectivity index (χ4v) is 5.91. The van der Waals surface area contributed by atoms with Gasteiger partial charge in [-0.05, 0) is 18.1 Å². The van der Waals surface area contributed by atoms with Crippen LogP contribution >= 0.6 is 0 Å². The van der Waals surface area contributed by atoms with Gasteiger partial charge >= 0.3 is 0 Å². The van der Waals surface area contributed by atoms with Crippen molar-refractivity contribution >= 4 is 25.8 Å². The molecule has 27 heavy (non-hydrogen) atoms. The third-order valence-corrected chi connectivity index (χ3v) is 8.05. The summed E-state index contributed by atoms with van der Waals surface area (Å²) in [6.45, 7) is 3.38. The number of sulfone groups is 1. The number of likely N-dealkylation sites (tertiary alicyclic amines) is 1. The van der Waals surface area contributed by atoms with Crippen LogP contribution in [0.5, 0.6) is 0 Å². The Morgan fingerprint density at radius 2 is 1.74 bits per heavy atom. The van der Waals surface area contributed by atoms with Crippen LogP contribution in [-0.4, -0.2) is 58.3 Å². The third kappa shape index (κ3) is 5.23. The van der Waals surface area contributed by atoms with Crippen LogP contribution in [-0.2, 0) is 24.7 Å². The molecule has 0 atom stereocenters. The molecule has 0 bridgehead atoms. The van der Waals surface area contributed by atoms with Gasteiger partial charge in [-0.25, -0.2) is 30.3 Å². The van der Waals surface area contributed by atoms with Gasteiger partial charge in [-0.2, -0.15) is 0 Å². The summed E-state index contributed by atoms with van der Waals surface area (Å²) >= 11 is 0. The first-order chi connectivity index (χ1) is 12.4. The van der Waals surface area contributed by atoms with E-state index in [-0.39, 0.29) is 37.7 Å². The van der Waals surface area contributed by atoms with Gasteiger partial charge in [-0.3, -0.25) is 4.79 Å². The molecule has 152 valence electrons. The summed E-state index contributed by atoms with van der Waals surface area (Å²) in [6, 6.07) is 2.68. The second-order valence-corrected chi connectivity index (χ2v) is 10.9. The largest absolute Gasteiger partial charge is 0.340 e. The predicted octanol–water partition coefficient (Wildman–Crippen LogP) is 0.915. The van der Waals surface area contributed by atoms with E-state index >= 15 is 0 Å². The molecule has 11 heteroatoms. The van der Waals surface area contributed by atoms with E-state index in [0.717, 1.165) is 18.2 Å². The molecule has 1 amide bonds. The monoisotopic (exact) mass is 424 g/mol. The molecule has 0 unspecified atom stereocenters. The smallest absolute Gasteiger partial charge is 0.246 e. The number of halogens is 2. The highest BCUT2D eigenvalue weighted by Crippen LogP contribution is 2.20. The Balaban J connectivity index is 1.86. The molecule has 0 spiro atoms. The van der Waals surface area contributed by atoms with Crippen LogP contribution in [0.1, 0.15) is 20.3 Å². The zero-order chi connectivity index (χ0) is 20.4. The Morgan fingerprint density at radius 1 is 1.19 bits per heavy atom. The van der Waals surface area contributed by atoms with Crippen molar-refractivity contribution in [3.8, 4) is 0 Å². The molecule has 1 aromatic rings. The van der Waals surface area contributed by atoms with Crippen molar-refractivity contribution in [3.05, 3.63) is 29.8 Å². The first kappa shape index (κ1) is 21.7. The number of nitrogens with one attached hydrogen (secondary N) is 1. The van der Waals surface area contributed by atoms with Crippen molar-refractivity contribution in [2.75, 3.05) is 25.4 Å². The predicted molar refractivity (Wildman–Crippen MR) is 95.2 cm³/mol. The molecule has 1 aromatic carbocycles. The molecule has 1 aliphatic heterocycles. The first-order valence-electron chi connectivity index (χ1n) is 8.37. The van der Waals surface area contributed by atoms with E-state index in [2.05, 4.69) is 0 Å². The van der Waals surface area contributed by atoms with Crippen LogP contribution < -0.4 is 4.72 Å². The summed E-state index contributed by atoms with van der Waals surface area (Å²) in [6.07, 6.45) is -0.244. The Morgan fingerprint density at radius 3 is 2.26 bits per heavy atom. The number of hydrogen-bond acceptors (Lipinski definition) is 5. The summed E-state index contributed by atoms with van der Waals surface area (Å²) < 4.78 is 77.3. The lowest BCUT2D eigenvalue weighted by molar-refractivity contribution is -0.134. The van der Waals surface area contributed by atoms with Gasteiger partial charge in [-0.1, -0.05) is 19.9 Å². The topological polar surface area (TPSA) is 101 Å². The van der Waals surface area contributed by atoms with Gasteiger partial charge in [0.2, 0.25) is 15.9 Å². The molecule has 1 fully saturated rings. The van der Waals surface area contributed by atoms with Gasteiger partial charge in [0.05, 0.1) is 11.0 Å². The number of nitrogens with zero attached hydrogens (tertiary/aromatic N) is 1. The van der Waals surface area contributed by atoms with E-state index in [9.17, 15) is 30.4 Å². The summed E-state index contributed by atoms with van der Waals surface area (Å²) in [5.41, 5.74) is 0. The zero-order valence-electron chi connectivity index (χ0n) is 15.0. The molecule has 0 aromatic heterocycles. The zero-order valence-corrected chi connectivity index (χ0v) is 16.6. The minimum atomic E-state index is -4.45. The fraction of sp³-hybridized carbons (Fsp3) is 0.562. The summed E-state index contributed by atoms with van der Waals surface area (Å²) in [5.74, 6) is -2.84. The number of carbonyl (C=O) groups excluding carboxylic acids is 1. The highest BCUT2D eigenvalue weighted by atomic mass is 32.2. The van der Waals surface area contributed by atoms with Crippen molar-refractivity contribution in [3.63, 3.8) is 0 Å². The molecule has 0 radical (unpaired) electrons. The molecule has 0 saturated carbocycles. The van der Waals surface area contributed by atoms with E-state index in [4.69, 9.17) is 0 Å². The Bertz CT molecular complexity index is 890. The van der Waals surface area contributed by atoms with Crippen molar-refractivity contribution in [1.82, 2.24) is 9.62 Å². The molecular weight excluding hydrogens is 402 g/mol. The number of carbonyl (C=O) groups is 1. The highest BCUT2D eigenvalue weighted by Gasteiger charge is 2.39. The number of rotatable bonds is 8. The normalized spacial score (nSPS) is 15.8. The highest BCUT2D eigenvalue weighted by molar-refractivity contribution is 7.92. The minimum absolute atomic E-state index is 0.00654. The fourth-order valence-electron chi connectivity index (χ4n) is 2.73. The van der Waals surface area contributed by atoms with Crippen LogP contribution in [0.25, 0.3) is 0 Å². The molecular formula is C16H22F2N2O5S2. The molecule has 1 aliphatic rings. The van der Waals surface area contributed by atoms with E-state index in [1.54, 1.807) is 13.8 Å². The van der Waals surface area contributed by atoms with Gasteiger partial charge in [0.15, 0.2) is 14.7 Å². The summed E-state index contributed by atoms with van der Waals surface area (Å²) in [4.78, 5) is 12.2. The van der Waals surface area contributed by atoms with Crippen molar-refractivity contribution < 1.29 is 30.4 Å². The van der Waals surface area contributed by atoms with Crippen LogP contribution in [0.2, 0.25) is 0 Å². The molecule has 2 rings (SSSR count). The van der Waals surface area contributed by atoms with Gasteiger partial charge in [0.1, 0.15) is 11.6 Å². The maximum Gasteiger partial charge on any atom is 0.246 e. The Kier molecular flexibility index (Phi) is 6.59. The van der Waals surface area contributed by atoms with Gasteiger partial charge in [-0.15, -0.1) is 0 Å². The second kappa shape index (κ2) is 8.19. The third-order valence-electron chi connectivity index (χ3n) is 4.09. The van der Waals surface area contributed by atoms with E-state index < -0.39 is 47.5 Å². The lowest BCUT2D eigenvalue weighted by Gasteiger charge is -2.39. The molecule has 7 nitrogen and oxygen atoms in total. The average Bonchev–Trinajstić information content (AvgIpc) is 2.42. The van der Waals surface area contributed by atoms with Crippen molar-refractivity contribution in [2.45, 2.75) is 30.4 Å². The molecule has 0 aliphatic carbocycles. The van der Waals surface area contributed by atoms with Gasteiger partial charge in [0.25, 0.3) is 0 Å². The maximum atomic E-state index is 13.6. The summed E-state index contributed by atoms with van der Waals surface area (Å²) in [5, 5.41) is -0.604. The van der Waals surface area contributed by atoms with Crippen LogP contribution in [0, 0.1) is 17.6 Å². The SMILES string of the molecule is CC(C)CS(=O)(=O)C1CN(C(=O)CCNS(=O)(=O)c2c(F)cccc2F)C1. The summed E-state index contributed by atoms with van der Waals surface area (Å²) in [7, 11) is -7.71. The number of hydrogen-bond donors (Lipinski definition) is 1. The van der Waals surface area contributed by atoms with E-state index in [0.29, 0.717) is 0 Å². The lowest BCUT2D eigenvalue weighted by atomic mass is 10.2. The van der Waals surface area contributed by atoms with Gasteiger partial charge < -0.3 is 4.90 Å². The molecule has 1 N–H and O–H groups in total. The second-order valence-electron chi connectivity index (χ2n) is 6.84. The maximum absolute atomic E-state index is 13.6.